The first-order valence-electron chi connectivity index (χ1n) is 8.55. The monoisotopic (exact) mass is 469 g/mol. The van der Waals surface area contributed by atoms with E-state index in [1.165, 1.54) is 0 Å². The molecule has 0 aromatic carbocycles. The summed E-state index contributed by atoms with van der Waals surface area (Å²) >= 11 is 0. The van der Waals surface area contributed by atoms with Crippen LogP contribution in [0.3, 0.4) is 0 Å². The maximum atomic E-state index is 5.53. The highest BCUT2D eigenvalue weighted by molar-refractivity contribution is 14.0. The number of ether oxygens (including phenoxy) is 3. The van der Waals surface area contributed by atoms with E-state index in [2.05, 4.69) is 22.5 Å². The predicted octanol–water partition coefficient (Wildman–Crippen LogP) is 2.41. The summed E-state index contributed by atoms with van der Waals surface area (Å²) in [4.78, 5) is 4.53. The number of methoxy groups -OCH3 is 1. The SMILES string of the molecule is CCNC(=NCCCOCc1ccco1)NCCCOCCOC.I. The first kappa shape index (κ1) is 24.2. The molecule has 0 unspecified atom stereocenters. The van der Waals surface area contributed by atoms with Crippen LogP contribution in [-0.2, 0) is 20.8 Å². The fourth-order valence-electron chi connectivity index (χ4n) is 1.89. The lowest BCUT2D eigenvalue weighted by molar-refractivity contribution is 0.0698. The van der Waals surface area contributed by atoms with Gasteiger partial charge in [-0.3, -0.25) is 4.99 Å². The third kappa shape index (κ3) is 14.1. The third-order valence-electron chi connectivity index (χ3n) is 3.08. The van der Waals surface area contributed by atoms with Crippen LogP contribution in [0.25, 0.3) is 0 Å². The number of halogens is 1. The van der Waals surface area contributed by atoms with E-state index in [1.54, 1.807) is 13.4 Å². The molecule has 8 heteroatoms. The Balaban J connectivity index is 0.00000576. The zero-order valence-corrected chi connectivity index (χ0v) is 17.6. The smallest absolute Gasteiger partial charge is 0.191 e. The van der Waals surface area contributed by atoms with Crippen molar-refractivity contribution in [1.82, 2.24) is 10.6 Å². The van der Waals surface area contributed by atoms with Gasteiger partial charge in [0.1, 0.15) is 12.4 Å². The van der Waals surface area contributed by atoms with E-state index >= 15 is 0 Å². The lowest BCUT2D eigenvalue weighted by atomic mass is 10.4. The molecule has 1 rings (SSSR count). The predicted molar refractivity (Wildman–Crippen MR) is 110 cm³/mol. The van der Waals surface area contributed by atoms with Crippen LogP contribution in [0.4, 0.5) is 0 Å². The molecule has 7 nitrogen and oxygen atoms in total. The summed E-state index contributed by atoms with van der Waals surface area (Å²) in [5, 5.41) is 6.53. The Hall–Kier alpha value is -0.840. The van der Waals surface area contributed by atoms with E-state index in [4.69, 9.17) is 18.6 Å². The minimum atomic E-state index is 0. The van der Waals surface area contributed by atoms with Crippen molar-refractivity contribution in [2.75, 3.05) is 53.2 Å². The van der Waals surface area contributed by atoms with Crippen molar-refractivity contribution >= 4 is 29.9 Å². The van der Waals surface area contributed by atoms with Crippen molar-refractivity contribution in [2.45, 2.75) is 26.4 Å². The number of nitrogens with zero attached hydrogens (tertiary/aromatic N) is 1. The molecule has 1 aromatic rings. The Kier molecular flexibility index (Phi) is 17.4. The molecule has 0 saturated heterocycles. The molecule has 146 valence electrons. The fourth-order valence-corrected chi connectivity index (χ4v) is 1.89. The van der Waals surface area contributed by atoms with Crippen molar-refractivity contribution in [3.8, 4) is 0 Å². The van der Waals surface area contributed by atoms with Crippen molar-refractivity contribution in [3.63, 3.8) is 0 Å². The second-order valence-corrected chi connectivity index (χ2v) is 5.13. The first-order valence-corrected chi connectivity index (χ1v) is 8.55. The third-order valence-corrected chi connectivity index (χ3v) is 3.08. The van der Waals surface area contributed by atoms with Crippen molar-refractivity contribution in [1.29, 1.82) is 0 Å². The topological polar surface area (TPSA) is 77.3 Å². The Morgan fingerprint density at radius 3 is 2.68 bits per heavy atom. The van der Waals surface area contributed by atoms with Crippen molar-refractivity contribution in [2.24, 2.45) is 4.99 Å². The Morgan fingerprint density at radius 2 is 1.96 bits per heavy atom. The quantitative estimate of drug-likeness (QED) is 0.189. The molecule has 0 atom stereocenters. The highest BCUT2D eigenvalue weighted by Gasteiger charge is 1.98. The summed E-state index contributed by atoms with van der Waals surface area (Å²) in [6.07, 6.45) is 3.46. The molecular formula is C17H32IN3O4. The molecule has 0 fully saturated rings. The van der Waals surface area contributed by atoms with Crippen molar-refractivity contribution in [3.05, 3.63) is 24.2 Å². The zero-order chi connectivity index (χ0) is 17.3. The van der Waals surface area contributed by atoms with Gasteiger partial charge in [-0.15, -0.1) is 24.0 Å². The van der Waals surface area contributed by atoms with E-state index in [0.717, 1.165) is 50.8 Å². The maximum Gasteiger partial charge on any atom is 0.191 e. The van der Waals surface area contributed by atoms with Gasteiger partial charge in [-0.1, -0.05) is 0 Å². The molecule has 0 aliphatic rings. The molecule has 0 saturated carbocycles. The van der Waals surface area contributed by atoms with E-state index in [-0.39, 0.29) is 24.0 Å². The number of rotatable bonds is 14. The van der Waals surface area contributed by atoms with Crippen molar-refractivity contribution < 1.29 is 18.6 Å². The van der Waals surface area contributed by atoms with Gasteiger partial charge in [-0.05, 0) is 31.9 Å². The molecule has 0 bridgehead atoms. The normalized spacial score (nSPS) is 11.2. The lowest BCUT2D eigenvalue weighted by Crippen LogP contribution is -2.38. The average Bonchev–Trinajstić information content (AvgIpc) is 3.10. The molecule has 0 aliphatic carbocycles. The number of nitrogens with one attached hydrogen (secondary N) is 2. The molecule has 1 heterocycles. The zero-order valence-electron chi connectivity index (χ0n) is 15.3. The van der Waals surface area contributed by atoms with Crippen LogP contribution < -0.4 is 10.6 Å². The minimum absolute atomic E-state index is 0. The molecular weight excluding hydrogens is 437 g/mol. The van der Waals surface area contributed by atoms with E-state index in [1.807, 2.05) is 12.1 Å². The summed E-state index contributed by atoms with van der Waals surface area (Å²) in [5.74, 6) is 1.68. The van der Waals surface area contributed by atoms with E-state index < -0.39 is 0 Å². The van der Waals surface area contributed by atoms with E-state index in [9.17, 15) is 0 Å². The standard InChI is InChI=1S/C17H31N3O4.HI/c1-3-18-17(19-8-5-10-22-14-13-21-2)20-9-6-11-23-15-16-7-4-12-24-16;/h4,7,12H,3,5-6,8-11,13-15H2,1-2H3,(H2,18,19,20);1H. The van der Waals surface area contributed by atoms with Crippen LogP contribution >= 0.6 is 24.0 Å². The second kappa shape index (κ2) is 18.0. The van der Waals surface area contributed by atoms with Gasteiger partial charge in [-0.25, -0.2) is 0 Å². The molecule has 0 amide bonds. The van der Waals surface area contributed by atoms with Crippen LogP contribution in [-0.4, -0.2) is 59.1 Å². The van der Waals surface area contributed by atoms with Gasteiger partial charge in [0.2, 0.25) is 0 Å². The second-order valence-electron chi connectivity index (χ2n) is 5.13. The lowest BCUT2D eigenvalue weighted by Gasteiger charge is -2.11. The molecule has 25 heavy (non-hydrogen) atoms. The Bertz CT molecular complexity index is 416. The summed E-state index contributed by atoms with van der Waals surface area (Å²) in [6.45, 7) is 7.61. The van der Waals surface area contributed by atoms with Gasteiger partial charge in [0.15, 0.2) is 5.96 Å². The number of furan rings is 1. The fraction of sp³-hybridized carbons (Fsp3) is 0.706. The van der Waals surface area contributed by atoms with Crippen LogP contribution in [0.2, 0.25) is 0 Å². The van der Waals surface area contributed by atoms with Gasteiger partial charge in [0.25, 0.3) is 0 Å². The number of hydrogen-bond acceptors (Lipinski definition) is 5. The highest BCUT2D eigenvalue weighted by atomic mass is 127. The van der Waals surface area contributed by atoms with Gasteiger partial charge in [0, 0.05) is 40.0 Å². The molecule has 2 N–H and O–H groups in total. The number of aliphatic imine (C=N–C) groups is 1. The first-order chi connectivity index (χ1) is 11.9. The van der Waals surface area contributed by atoms with Crippen LogP contribution in [0.1, 0.15) is 25.5 Å². The molecule has 0 radical (unpaired) electrons. The largest absolute Gasteiger partial charge is 0.467 e. The average molecular weight is 469 g/mol. The Morgan fingerprint density at radius 1 is 1.12 bits per heavy atom. The Labute approximate surface area is 167 Å². The van der Waals surface area contributed by atoms with Gasteiger partial charge >= 0.3 is 0 Å². The van der Waals surface area contributed by atoms with Crippen LogP contribution in [0, 0.1) is 0 Å². The highest BCUT2D eigenvalue weighted by Crippen LogP contribution is 2.01. The number of guanidine groups is 1. The number of hydrogen-bond donors (Lipinski definition) is 2. The molecule has 1 aromatic heterocycles. The van der Waals surface area contributed by atoms with Crippen LogP contribution in [0.5, 0.6) is 0 Å². The maximum absolute atomic E-state index is 5.53. The molecule has 0 aliphatic heterocycles. The summed E-state index contributed by atoms with van der Waals surface area (Å²) < 4.78 is 21.1. The van der Waals surface area contributed by atoms with Gasteiger partial charge in [-0.2, -0.15) is 0 Å². The summed E-state index contributed by atoms with van der Waals surface area (Å²) in [6, 6.07) is 3.77. The van der Waals surface area contributed by atoms with Gasteiger partial charge < -0.3 is 29.3 Å². The van der Waals surface area contributed by atoms with Crippen LogP contribution in [0.15, 0.2) is 27.8 Å². The van der Waals surface area contributed by atoms with Gasteiger partial charge in [0.05, 0.1) is 19.5 Å². The van der Waals surface area contributed by atoms with E-state index in [0.29, 0.717) is 26.4 Å². The molecule has 0 spiro atoms. The summed E-state index contributed by atoms with van der Waals surface area (Å²) in [7, 11) is 1.67. The summed E-state index contributed by atoms with van der Waals surface area (Å²) in [5.41, 5.74) is 0. The minimum Gasteiger partial charge on any atom is -0.467 e.